The van der Waals surface area contributed by atoms with Gasteiger partial charge in [0.25, 0.3) is 0 Å². The minimum atomic E-state index is -0.398. The first-order chi connectivity index (χ1) is 7.99. The van der Waals surface area contributed by atoms with Crippen LogP contribution >= 0.6 is 0 Å². The van der Waals surface area contributed by atoms with Crippen molar-refractivity contribution in [1.29, 1.82) is 0 Å². The normalized spacial score (nSPS) is 19.1. The maximum Gasteiger partial charge on any atom is 0.310 e. The lowest BCUT2D eigenvalue weighted by Crippen LogP contribution is -2.48. The number of hydrogen-bond donors (Lipinski definition) is 0. The molecule has 92 valence electrons. The van der Waals surface area contributed by atoms with Crippen molar-refractivity contribution in [2.75, 3.05) is 24.6 Å². The largest absolute Gasteiger partial charge is 0.372 e. The van der Waals surface area contributed by atoms with Crippen LogP contribution in [-0.4, -0.2) is 35.2 Å². The van der Waals surface area contributed by atoms with E-state index in [4.69, 9.17) is 4.74 Å². The molecule has 1 aliphatic heterocycles. The SMILES string of the molecule is CC1(C)CN(c2ccncc2[N+](=O)[O-])CCO1. The van der Waals surface area contributed by atoms with Gasteiger partial charge in [-0.3, -0.25) is 15.1 Å². The van der Waals surface area contributed by atoms with E-state index in [2.05, 4.69) is 4.98 Å². The van der Waals surface area contributed by atoms with Crippen molar-refractivity contribution in [3.63, 3.8) is 0 Å². The quantitative estimate of drug-likeness (QED) is 0.577. The number of aromatic nitrogens is 1. The Hall–Kier alpha value is -1.69. The van der Waals surface area contributed by atoms with Gasteiger partial charge in [-0.15, -0.1) is 0 Å². The zero-order valence-corrected chi connectivity index (χ0v) is 9.92. The second-order valence-corrected chi connectivity index (χ2v) is 4.65. The highest BCUT2D eigenvalue weighted by molar-refractivity contribution is 5.62. The van der Waals surface area contributed by atoms with Gasteiger partial charge >= 0.3 is 5.69 Å². The molecule has 0 bridgehead atoms. The molecule has 0 spiro atoms. The summed E-state index contributed by atoms with van der Waals surface area (Å²) in [6, 6.07) is 1.68. The maximum absolute atomic E-state index is 10.9. The minimum absolute atomic E-state index is 0.0465. The Labute approximate surface area is 99.4 Å². The first-order valence-corrected chi connectivity index (χ1v) is 5.47. The summed E-state index contributed by atoms with van der Waals surface area (Å²) < 4.78 is 5.59. The van der Waals surface area contributed by atoms with E-state index in [0.29, 0.717) is 25.4 Å². The van der Waals surface area contributed by atoms with Crippen LogP contribution in [0, 0.1) is 10.1 Å². The van der Waals surface area contributed by atoms with E-state index < -0.39 is 4.92 Å². The van der Waals surface area contributed by atoms with E-state index in [1.165, 1.54) is 6.20 Å². The molecule has 0 saturated carbocycles. The fourth-order valence-electron chi connectivity index (χ4n) is 2.01. The molecule has 0 aromatic carbocycles. The van der Waals surface area contributed by atoms with Crippen molar-refractivity contribution in [1.82, 2.24) is 4.98 Å². The van der Waals surface area contributed by atoms with E-state index in [9.17, 15) is 10.1 Å². The first-order valence-electron chi connectivity index (χ1n) is 5.47. The molecule has 2 rings (SSSR count). The average Bonchev–Trinajstić information content (AvgIpc) is 2.27. The molecule has 2 heterocycles. The molecule has 1 fully saturated rings. The number of pyridine rings is 1. The van der Waals surface area contributed by atoms with Crippen LogP contribution in [-0.2, 0) is 4.74 Å². The smallest absolute Gasteiger partial charge is 0.310 e. The van der Waals surface area contributed by atoms with Crippen LogP contribution in [0.2, 0.25) is 0 Å². The van der Waals surface area contributed by atoms with Crippen LogP contribution in [0.25, 0.3) is 0 Å². The summed E-state index contributed by atoms with van der Waals surface area (Å²) in [6.07, 6.45) is 2.86. The fourth-order valence-corrected chi connectivity index (χ4v) is 2.01. The van der Waals surface area contributed by atoms with Crippen molar-refractivity contribution >= 4 is 11.4 Å². The van der Waals surface area contributed by atoms with Gasteiger partial charge in [-0.2, -0.15) is 0 Å². The van der Waals surface area contributed by atoms with Gasteiger partial charge in [0, 0.05) is 19.3 Å². The van der Waals surface area contributed by atoms with E-state index >= 15 is 0 Å². The fraction of sp³-hybridized carbons (Fsp3) is 0.545. The van der Waals surface area contributed by atoms with Crippen LogP contribution in [0.5, 0.6) is 0 Å². The highest BCUT2D eigenvalue weighted by Gasteiger charge is 2.30. The molecule has 1 saturated heterocycles. The number of hydrogen-bond acceptors (Lipinski definition) is 5. The van der Waals surface area contributed by atoms with Crippen molar-refractivity contribution in [3.05, 3.63) is 28.6 Å². The molecule has 0 N–H and O–H groups in total. The summed E-state index contributed by atoms with van der Waals surface area (Å²) in [5.74, 6) is 0. The van der Waals surface area contributed by atoms with Gasteiger partial charge in [-0.05, 0) is 19.9 Å². The summed E-state index contributed by atoms with van der Waals surface area (Å²) in [4.78, 5) is 16.3. The molecule has 6 nitrogen and oxygen atoms in total. The van der Waals surface area contributed by atoms with E-state index in [1.807, 2.05) is 18.7 Å². The molecule has 0 amide bonds. The number of ether oxygens (including phenoxy) is 1. The van der Waals surface area contributed by atoms with E-state index in [-0.39, 0.29) is 11.3 Å². The summed E-state index contributed by atoms with van der Waals surface area (Å²) >= 11 is 0. The standard InChI is InChI=1S/C11H15N3O3/c1-11(2)8-13(5-6-17-11)9-3-4-12-7-10(9)14(15)16/h3-4,7H,5-6,8H2,1-2H3. The lowest BCUT2D eigenvalue weighted by atomic mass is 10.1. The molecule has 1 aliphatic rings. The maximum atomic E-state index is 10.9. The van der Waals surface area contributed by atoms with Crippen molar-refractivity contribution in [3.8, 4) is 0 Å². The third-order valence-electron chi connectivity index (χ3n) is 2.74. The van der Waals surface area contributed by atoms with Gasteiger partial charge in [-0.1, -0.05) is 0 Å². The second kappa shape index (κ2) is 4.29. The lowest BCUT2D eigenvalue weighted by molar-refractivity contribution is -0.384. The number of morpholine rings is 1. The highest BCUT2D eigenvalue weighted by Crippen LogP contribution is 2.30. The number of nitro groups is 1. The van der Waals surface area contributed by atoms with Crippen LogP contribution in [0.15, 0.2) is 18.5 Å². The van der Waals surface area contributed by atoms with Gasteiger partial charge in [0.1, 0.15) is 11.9 Å². The summed E-state index contributed by atoms with van der Waals surface area (Å²) in [5, 5.41) is 10.9. The molecular formula is C11H15N3O3. The molecule has 1 aromatic heterocycles. The zero-order valence-electron chi connectivity index (χ0n) is 9.92. The number of nitrogens with zero attached hydrogens (tertiary/aromatic N) is 3. The van der Waals surface area contributed by atoms with Crippen molar-refractivity contribution in [2.45, 2.75) is 19.4 Å². The lowest BCUT2D eigenvalue weighted by Gasteiger charge is -2.39. The van der Waals surface area contributed by atoms with Crippen LogP contribution < -0.4 is 4.90 Å². The van der Waals surface area contributed by atoms with Gasteiger partial charge in [0.2, 0.25) is 0 Å². The summed E-state index contributed by atoms with van der Waals surface area (Å²) in [5.41, 5.74) is 0.377. The van der Waals surface area contributed by atoms with Crippen molar-refractivity contribution < 1.29 is 9.66 Å². The Balaban J connectivity index is 2.30. The first kappa shape index (κ1) is 11.8. The predicted molar refractivity (Wildman–Crippen MR) is 63.1 cm³/mol. The molecule has 1 aromatic rings. The zero-order chi connectivity index (χ0) is 12.5. The average molecular weight is 237 g/mol. The third-order valence-corrected chi connectivity index (χ3v) is 2.74. The Morgan fingerprint density at radius 3 is 3.00 bits per heavy atom. The minimum Gasteiger partial charge on any atom is -0.372 e. The molecule has 0 aliphatic carbocycles. The highest BCUT2D eigenvalue weighted by atomic mass is 16.6. The van der Waals surface area contributed by atoms with Crippen LogP contribution in [0.3, 0.4) is 0 Å². The summed E-state index contributed by atoms with van der Waals surface area (Å²) in [6.45, 7) is 5.83. The molecule has 0 unspecified atom stereocenters. The third kappa shape index (κ3) is 2.52. The Morgan fingerprint density at radius 2 is 2.35 bits per heavy atom. The Morgan fingerprint density at radius 1 is 1.59 bits per heavy atom. The van der Waals surface area contributed by atoms with Gasteiger partial charge in [0.05, 0.1) is 17.1 Å². The monoisotopic (exact) mass is 237 g/mol. The van der Waals surface area contributed by atoms with Crippen molar-refractivity contribution in [2.24, 2.45) is 0 Å². The molecule has 17 heavy (non-hydrogen) atoms. The topological polar surface area (TPSA) is 68.5 Å². The number of rotatable bonds is 2. The number of anilines is 1. The summed E-state index contributed by atoms with van der Waals surface area (Å²) in [7, 11) is 0. The van der Waals surface area contributed by atoms with Crippen LogP contribution in [0.1, 0.15) is 13.8 Å². The molecule has 0 radical (unpaired) electrons. The van der Waals surface area contributed by atoms with Gasteiger partial charge in [-0.25, -0.2) is 0 Å². The van der Waals surface area contributed by atoms with Crippen LogP contribution in [0.4, 0.5) is 11.4 Å². The Bertz CT molecular complexity index is 434. The second-order valence-electron chi connectivity index (χ2n) is 4.65. The molecule has 6 heteroatoms. The van der Waals surface area contributed by atoms with E-state index in [0.717, 1.165) is 0 Å². The molecule has 0 atom stereocenters. The molecular weight excluding hydrogens is 222 g/mol. The van der Waals surface area contributed by atoms with Gasteiger partial charge in [0.15, 0.2) is 0 Å². The van der Waals surface area contributed by atoms with E-state index in [1.54, 1.807) is 12.3 Å². The Kier molecular flexibility index (Phi) is 2.97. The predicted octanol–water partition coefficient (Wildman–Crippen LogP) is 1.60. The van der Waals surface area contributed by atoms with Gasteiger partial charge < -0.3 is 9.64 Å².